The third-order valence-corrected chi connectivity index (χ3v) is 1.32. The van der Waals surface area contributed by atoms with Gasteiger partial charge in [-0.3, -0.25) is 4.79 Å². The van der Waals surface area contributed by atoms with Crippen LogP contribution >= 0.6 is 34.8 Å². The van der Waals surface area contributed by atoms with Crippen molar-refractivity contribution in [1.29, 1.82) is 0 Å². The maximum absolute atomic E-state index is 10.8. The van der Waals surface area contributed by atoms with Crippen molar-refractivity contribution in [3.05, 3.63) is 11.8 Å². The summed E-state index contributed by atoms with van der Waals surface area (Å²) in [6.07, 6.45) is 0.601. The third-order valence-electron chi connectivity index (χ3n) is 0.809. The summed E-state index contributed by atoms with van der Waals surface area (Å²) < 4.78 is -1.97. The van der Waals surface area contributed by atoms with Gasteiger partial charge in [-0.2, -0.15) is 0 Å². The van der Waals surface area contributed by atoms with Gasteiger partial charge in [-0.1, -0.05) is 34.8 Å². The minimum Gasteiger partial charge on any atom is -0.515 e. The molecule has 0 aromatic carbocycles. The normalized spacial score (nSPS) is 13.4. The van der Waals surface area contributed by atoms with E-state index in [9.17, 15) is 4.79 Å². The number of allylic oxidation sites excluding steroid dienone is 1. The van der Waals surface area contributed by atoms with Crippen LogP contribution in [0.5, 0.6) is 0 Å². The Hall–Kier alpha value is 0.0800. The van der Waals surface area contributed by atoms with Gasteiger partial charge in [0, 0.05) is 5.57 Å². The van der Waals surface area contributed by atoms with E-state index >= 15 is 0 Å². The first-order chi connectivity index (χ1) is 4.39. The van der Waals surface area contributed by atoms with Gasteiger partial charge >= 0.3 is 0 Å². The van der Waals surface area contributed by atoms with E-state index in [-0.39, 0.29) is 5.57 Å². The largest absolute Gasteiger partial charge is 0.515 e. The topological polar surface area (TPSA) is 37.3 Å². The molecule has 0 amide bonds. The molecule has 0 unspecified atom stereocenters. The van der Waals surface area contributed by atoms with Crippen molar-refractivity contribution in [2.75, 3.05) is 0 Å². The molecule has 1 N–H and O–H groups in total. The van der Waals surface area contributed by atoms with E-state index in [1.807, 2.05) is 0 Å². The Labute approximate surface area is 73.4 Å². The number of Topliss-reactive ketones (excluding diaryl/α,β-unsaturated/α-hetero) is 1. The number of hydrogen-bond donors (Lipinski definition) is 1. The molecule has 0 saturated heterocycles. The molecule has 0 spiro atoms. The molecule has 0 fully saturated rings. The molecule has 0 radical (unpaired) electrons. The molecule has 0 aliphatic rings. The molecule has 0 aromatic rings. The van der Waals surface area contributed by atoms with Crippen LogP contribution in [0.1, 0.15) is 6.92 Å². The summed E-state index contributed by atoms with van der Waals surface area (Å²) in [5.41, 5.74) is 0.0139. The van der Waals surface area contributed by atoms with Crippen LogP contribution in [-0.4, -0.2) is 14.7 Å². The molecule has 0 bridgehead atoms. The first-order valence-corrected chi connectivity index (χ1v) is 3.45. The lowest BCUT2D eigenvalue weighted by Gasteiger charge is -2.07. The lowest BCUT2D eigenvalue weighted by atomic mass is 10.2. The highest BCUT2D eigenvalue weighted by Crippen LogP contribution is 2.29. The van der Waals surface area contributed by atoms with Gasteiger partial charge in [0.15, 0.2) is 0 Å². The van der Waals surface area contributed by atoms with Crippen molar-refractivity contribution in [1.82, 2.24) is 0 Å². The SMILES string of the molecule is C/C(=C\O)C(=O)C(Cl)(Cl)Cl. The summed E-state index contributed by atoms with van der Waals surface area (Å²) in [7, 11) is 0. The van der Waals surface area contributed by atoms with E-state index in [0.29, 0.717) is 6.26 Å². The first-order valence-electron chi connectivity index (χ1n) is 2.32. The van der Waals surface area contributed by atoms with Crippen molar-refractivity contribution in [3.8, 4) is 0 Å². The minimum absolute atomic E-state index is 0.0139. The van der Waals surface area contributed by atoms with Gasteiger partial charge in [0.2, 0.25) is 5.78 Å². The lowest BCUT2D eigenvalue weighted by molar-refractivity contribution is -0.114. The minimum atomic E-state index is -1.97. The van der Waals surface area contributed by atoms with E-state index < -0.39 is 9.58 Å². The third kappa shape index (κ3) is 2.78. The smallest absolute Gasteiger partial charge is 0.253 e. The predicted octanol–water partition coefficient (Wildman–Crippen LogP) is 2.39. The summed E-state index contributed by atoms with van der Waals surface area (Å²) in [6, 6.07) is 0. The van der Waals surface area contributed by atoms with Gasteiger partial charge in [-0.25, -0.2) is 0 Å². The van der Waals surface area contributed by atoms with Gasteiger partial charge in [-0.15, -0.1) is 0 Å². The predicted molar refractivity (Wildman–Crippen MR) is 41.7 cm³/mol. The summed E-state index contributed by atoms with van der Waals surface area (Å²) in [5, 5.41) is 8.31. The van der Waals surface area contributed by atoms with Crippen molar-refractivity contribution in [2.45, 2.75) is 10.7 Å². The number of halogens is 3. The highest BCUT2D eigenvalue weighted by atomic mass is 35.6. The summed E-state index contributed by atoms with van der Waals surface area (Å²) in [5.74, 6) is -0.722. The van der Waals surface area contributed by atoms with Crippen molar-refractivity contribution in [2.24, 2.45) is 0 Å². The van der Waals surface area contributed by atoms with E-state index in [0.717, 1.165) is 0 Å². The van der Waals surface area contributed by atoms with Gasteiger partial charge < -0.3 is 5.11 Å². The van der Waals surface area contributed by atoms with Crippen LogP contribution in [-0.2, 0) is 4.79 Å². The van der Waals surface area contributed by atoms with Crippen molar-refractivity contribution < 1.29 is 9.90 Å². The zero-order valence-corrected chi connectivity index (χ0v) is 7.33. The Morgan fingerprint density at radius 2 is 1.90 bits per heavy atom. The molecule has 0 aliphatic carbocycles. The van der Waals surface area contributed by atoms with Crippen LogP contribution in [0.15, 0.2) is 11.8 Å². The van der Waals surface area contributed by atoms with Crippen LogP contribution in [0, 0.1) is 0 Å². The van der Waals surface area contributed by atoms with Gasteiger partial charge in [0.1, 0.15) is 0 Å². The van der Waals surface area contributed by atoms with Crippen molar-refractivity contribution in [3.63, 3.8) is 0 Å². The second-order valence-corrected chi connectivity index (χ2v) is 3.92. The number of ketones is 1. The number of alkyl halides is 3. The highest BCUT2D eigenvalue weighted by Gasteiger charge is 2.31. The molecule has 2 nitrogen and oxygen atoms in total. The van der Waals surface area contributed by atoms with E-state index in [4.69, 9.17) is 39.9 Å². The molecule has 0 atom stereocenters. The zero-order valence-electron chi connectivity index (χ0n) is 5.07. The molecule has 0 aliphatic heterocycles. The summed E-state index contributed by atoms with van der Waals surface area (Å²) >= 11 is 15.6. The fourth-order valence-electron chi connectivity index (χ4n) is 0.282. The van der Waals surface area contributed by atoms with Gasteiger partial charge in [-0.05, 0) is 6.92 Å². The number of carbonyl (C=O) groups is 1. The average Bonchev–Trinajstić information content (AvgIpc) is 1.83. The lowest BCUT2D eigenvalue weighted by Crippen LogP contribution is -2.19. The van der Waals surface area contributed by atoms with Gasteiger partial charge in [0.05, 0.1) is 6.26 Å². The van der Waals surface area contributed by atoms with Gasteiger partial charge in [0.25, 0.3) is 3.79 Å². The Balaban J connectivity index is 4.39. The molecule has 0 aromatic heterocycles. The molecule has 5 heteroatoms. The quantitative estimate of drug-likeness (QED) is 0.404. The second kappa shape index (κ2) is 3.46. The number of aliphatic hydroxyl groups excluding tert-OH is 1. The maximum Gasteiger partial charge on any atom is 0.253 e. The molecule has 0 heterocycles. The Morgan fingerprint density at radius 3 is 2.00 bits per heavy atom. The fraction of sp³-hybridized carbons (Fsp3) is 0.400. The Morgan fingerprint density at radius 1 is 1.50 bits per heavy atom. The van der Waals surface area contributed by atoms with E-state index in [1.165, 1.54) is 6.92 Å². The van der Waals surface area contributed by atoms with E-state index in [2.05, 4.69) is 0 Å². The molecule has 0 rings (SSSR count). The van der Waals surface area contributed by atoms with Crippen molar-refractivity contribution >= 4 is 40.6 Å². The van der Waals surface area contributed by atoms with Crippen LogP contribution in [0.25, 0.3) is 0 Å². The Kier molecular flexibility index (Phi) is 3.49. The van der Waals surface area contributed by atoms with Crippen LogP contribution < -0.4 is 0 Å². The second-order valence-electron chi connectivity index (χ2n) is 1.64. The summed E-state index contributed by atoms with van der Waals surface area (Å²) in [6.45, 7) is 1.35. The average molecular weight is 203 g/mol. The number of hydrogen-bond acceptors (Lipinski definition) is 2. The summed E-state index contributed by atoms with van der Waals surface area (Å²) in [4.78, 5) is 10.8. The zero-order chi connectivity index (χ0) is 8.36. The first kappa shape index (κ1) is 10.1. The van der Waals surface area contributed by atoms with Crippen LogP contribution in [0.4, 0.5) is 0 Å². The fourth-order valence-corrected chi connectivity index (χ4v) is 0.729. The standard InChI is InChI=1S/C5H5Cl3O2/c1-3(2-9)4(10)5(6,7)8/h2,9H,1H3/b3-2+. The molecular weight excluding hydrogens is 198 g/mol. The molecule has 10 heavy (non-hydrogen) atoms. The van der Waals surface area contributed by atoms with Crippen LogP contribution in [0.3, 0.4) is 0 Å². The van der Waals surface area contributed by atoms with Crippen LogP contribution in [0.2, 0.25) is 0 Å². The number of aliphatic hydroxyl groups is 1. The molecule has 0 saturated carbocycles. The number of carbonyl (C=O) groups excluding carboxylic acids is 1. The Bertz CT molecular complexity index is 168. The monoisotopic (exact) mass is 202 g/mol. The molecular formula is C5H5Cl3O2. The van der Waals surface area contributed by atoms with E-state index in [1.54, 1.807) is 0 Å². The number of rotatable bonds is 1. The molecule has 58 valence electrons. The highest BCUT2D eigenvalue weighted by molar-refractivity contribution is 6.77. The maximum atomic E-state index is 10.8.